The minimum atomic E-state index is -0.0863. The van der Waals surface area contributed by atoms with Crippen LogP contribution >= 0.6 is 15.9 Å². The first-order chi connectivity index (χ1) is 6.31. The van der Waals surface area contributed by atoms with Gasteiger partial charge in [-0.05, 0) is 23.3 Å². The number of ether oxygens (including phenoxy) is 1. The van der Waals surface area contributed by atoms with Gasteiger partial charge < -0.3 is 9.53 Å². The molecule has 1 atom stereocenters. The topological polar surface area (TPSA) is 26.3 Å². The molecule has 0 aromatic heterocycles. The number of carbonyl (C=O) groups excluding carboxylic acids is 1. The van der Waals surface area contributed by atoms with Gasteiger partial charge in [-0.2, -0.15) is 0 Å². The average Bonchev–Trinajstić information content (AvgIpc) is 2.16. The molecule has 1 aromatic carbocycles. The van der Waals surface area contributed by atoms with E-state index in [0.717, 1.165) is 21.9 Å². The monoisotopic (exact) mass is 240 g/mol. The number of hydrogen-bond donors (Lipinski definition) is 0. The van der Waals surface area contributed by atoms with Crippen molar-refractivity contribution in [3.8, 4) is 0 Å². The summed E-state index contributed by atoms with van der Waals surface area (Å²) in [6.45, 7) is 1.12. The Morgan fingerprint density at radius 2 is 2.38 bits per heavy atom. The molecule has 0 saturated carbocycles. The standard InChI is InChI=1S/C10H9BrO2/c11-9-1-2-10-7(3-9)5-13-6-8(10)4-12/h1-4,8H,5-6H2. The molecule has 0 N–H and O–H groups in total. The predicted octanol–water partition coefficient (Wildman–Crippen LogP) is 2.26. The molecule has 2 rings (SSSR count). The van der Waals surface area contributed by atoms with Crippen LogP contribution in [0, 0.1) is 0 Å². The second kappa shape index (κ2) is 3.60. The smallest absolute Gasteiger partial charge is 0.129 e. The summed E-state index contributed by atoms with van der Waals surface area (Å²) in [4.78, 5) is 10.7. The minimum absolute atomic E-state index is 0.0863. The summed E-state index contributed by atoms with van der Waals surface area (Å²) >= 11 is 3.39. The van der Waals surface area contributed by atoms with Crippen molar-refractivity contribution >= 4 is 22.2 Å². The fraction of sp³-hybridized carbons (Fsp3) is 0.300. The maximum absolute atomic E-state index is 10.7. The van der Waals surface area contributed by atoms with Gasteiger partial charge in [-0.1, -0.05) is 22.0 Å². The molecule has 1 aliphatic heterocycles. The Balaban J connectivity index is 2.45. The predicted molar refractivity (Wildman–Crippen MR) is 52.6 cm³/mol. The molecule has 68 valence electrons. The SMILES string of the molecule is O=CC1COCc2cc(Br)ccc21. The highest BCUT2D eigenvalue weighted by Crippen LogP contribution is 2.27. The molecule has 13 heavy (non-hydrogen) atoms. The number of hydrogen-bond acceptors (Lipinski definition) is 2. The molecular formula is C10H9BrO2. The molecule has 1 unspecified atom stereocenters. The average molecular weight is 241 g/mol. The van der Waals surface area contributed by atoms with Crippen LogP contribution in [0.4, 0.5) is 0 Å². The summed E-state index contributed by atoms with van der Waals surface area (Å²) in [5.74, 6) is -0.0863. The molecular weight excluding hydrogens is 232 g/mol. The maximum Gasteiger partial charge on any atom is 0.129 e. The molecule has 0 bridgehead atoms. The van der Waals surface area contributed by atoms with Crippen LogP contribution in [0.15, 0.2) is 22.7 Å². The molecule has 0 spiro atoms. The van der Waals surface area contributed by atoms with E-state index < -0.39 is 0 Å². The van der Waals surface area contributed by atoms with Crippen LogP contribution in [0.3, 0.4) is 0 Å². The Labute approximate surface area is 85.0 Å². The lowest BCUT2D eigenvalue weighted by molar-refractivity contribution is -0.110. The van der Waals surface area contributed by atoms with E-state index in [1.54, 1.807) is 0 Å². The van der Waals surface area contributed by atoms with Crippen LogP contribution in [0.2, 0.25) is 0 Å². The Kier molecular flexibility index (Phi) is 2.47. The summed E-state index contributed by atoms with van der Waals surface area (Å²) < 4.78 is 6.33. The molecule has 0 radical (unpaired) electrons. The van der Waals surface area contributed by atoms with Gasteiger partial charge in [-0.15, -0.1) is 0 Å². The number of carbonyl (C=O) groups is 1. The van der Waals surface area contributed by atoms with Crippen LogP contribution in [-0.2, 0) is 16.1 Å². The van der Waals surface area contributed by atoms with Gasteiger partial charge in [0.15, 0.2) is 0 Å². The largest absolute Gasteiger partial charge is 0.376 e. The van der Waals surface area contributed by atoms with E-state index in [-0.39, 0.29) is 5.92 Å². The van der Waals surface area contributed by atoms with Crippen LogP contribution in [0.1, 0.15) is 17.0 Å². The minimum Gasteiger partial charge on any atom is -0.376 e. The summed E-state index contributed by atoms with van der Waals surface area (Å²) in [7, 11) is 0. The Morgan fingerprint density at radius 3 is 3.15 bits per heavy atom. The second-order valence-corrected chi connectivity index (χ2v) is 4.02. The molecule has 0 saturated heterocycles. The van der Waals surface area contributed by atoms with Crippen LogP contribution in [0.5, 0.6) is 0 Å². The number of benzene rings is 1. The zero-order valence-corrected chi connectivity index (χ0v) is 8.58. The van der Waals surface area contributed by atoms with Crippen molar-refractivity contribution in [3.63, 3.8) is 0 Å². The summed E-state index contributed by atoms with van der Waals surface area (Å²) in [5, 5.41) is 0. The first kappa shape index (κ1) is 8.91. The van der Waals surface area contributed by atoms with Crippen LogP contribution < -0.4 is 0 Å². The van der Waals surface area contributed by atoms with E-state index >= 15 is 0 Å². The van der Waals surface area contributed by atoms with Crippen molar-refractivity contribution in [2.45, 2.75) is 12.5 Å². The number of rotatable bonds is 1. The Morgan fingerprint density at radius 1 is 1.54 bits per heavy atom. The number of aldehydes is 1. The van der Waals surface area contributed by atoms with Crippen molar-refractivity contribution in [3.05, 3.63) is 33.8 Å². The zero-order valence-electron chi connectivity index (χ0n) is 7.00. The van der Waals surface area contributed by atoms with E-state index in [2.05, 4.69) is 15.9 Å². The molecule has 0 fully saturated rings. The third kappa shape index (κ3) is 1.67. The van der Waals surface area contributed by atoms with E-state index in [1.807, 2.05) is 18.2 Å². The lowest BCUT2D eigenvalue weighted by atomic mass is 9.94. The van der Waals surface area contributed by atoms with Gasteiger partial charge >= 0.3 is 0 Å². The fourth-order valence-electron chi connectivity index (χ4n) is 1.56. The van der Waals surface area contributed by atoms with Gasteiger partial charge in [0.05, 0.1) is 19.1 Å². The molecule has 1 aliphatic rings. The summed E-state index contributed by atoms with van der Waals surface area (Å²) in [6.07, 6.45) is 0.950. The molecule has 0 aliphatic carbocycles. The lowest BCUT2D eigenvalue weighted by Gasteiger charge is -2.21. The Bertz CT molecular complexity index is 336. The molecule has 2 nitrogen and oxygen atoms in total. The maximum atomic E-state index is 10.7. The molecule has 3 heteroatoms. The van der Waals surface area contributed by atoms with Gasteiger partial charge in [0.2, 0.25) is 0 Å². The van der Waals surface area contributed by atoms with Crippen LogP contribution in [0.25, 0.3) is 0 Å². The van der Waals surface area contributed by atoms with Crippen molar-refractivity contribution in [2.24, 2.45) is 0 Å². The third-order valence-electron chi connectivity index (χ3n) is 2.22. The lowest BCUT2D eigenvalue weighted by Crippen LogP contribution is -2.17. The van der Waals surface area contributed by atoms with Gasteiger partial charge in [-0.3, -0.25) is 0 Å². The summed E-state index contributed by atoms with van der Waals surface area (Å²) in [5.41, 5.74) is 2.21. The normalized spacial score (nSPS) is 20.8. The fourth-order valence-corrected chi connectivity index (χ4v) is 1.97. The quantitative estimate of drug-likeness (QED) is 0.705. The van der Waals surface area contributed by atoms with E-state index in [9.17, 15) is 4.79 Å². The second-order valence-electron chi connectivity index (χ2n) is 3.10. The van der Waals surface area contributed by atoms with Crippen molar-refractivity contribution in [2.75, 3.05) is 6.61 Å². The highest BCUT2D eigenvalue weighted by Gasteiger charge is 2.19. The van der Waals surface area contributed by atoms with E-state index in [0.29, 0.717) is 13.2 Å². The highest BCUT2D eigenvalue weighted by molar-refractivity contribution is 9.10. The first-order valence-corrected chi connectivity index (χ1v) is 4.92. The molecule has 1 heterocycles. The summed E-state index contributed by atoms with van der Waals surface area (Å²) in [6, 6.07) is 5.95. The first-order valence-electron chi connectivity index (χ1n) is 4.12. The van der Waals surface area contributed by atoms with Crippen molar-refractivity contribution in [1.82, 2.24) is 0 Å². The van der Waals surface area contributed by atoms with Gasteiger partial charge in [0.1, 0.15) is 6.29 Å². The molecule has 1 aromatic rings. The van der Waals surface area contributed by atoms with Gasteiger partial charge in [0, 0.05) is 4.47 Å². The van der Waals surface area contributed by atoms with Crippen LogP contribution in [-0.4, -0.2) is 12.9 Å². The molecule has 0 amide bonds. The number of fused-ring (bicyclic) bond motifs is 1. The van der Waals surface area contributed by atoms with E-state index in [1.165, 1.54) is 0 Å². The van der Waals surface area contributed by atoms with Crippen molar-refractivity contribution in [1.29, 1.82) is 0 Å². The van der Waals surface area contributed by atoms with Gasteiger partial charge in [-0.25, -0.2) is 0 Å². The number of halogens is 1. The zero-order chi connectivity index (χ0) is 9.26. The van der Waals surface area contributed by atoms with E-state index in [4.69, 9.17) is 4.74 Å². The Hall–Kier alpha value is -0.670. The highest BCUT2D eigenvalue weighted by atomic mass is 79.9. The van der Waals surface area contributed by atoms with Gasteiger partial charge in [0.25, 0.3) is 0 Å². The third-order valence-corrected chi connectivity index (χ3v) is 2.72. The van der Waals surface area contributed by atoms with Crippen molar-refractivity contribution < 1.29 is 9.53 Å².